The average molecular weight is 821 g/mol. The van der Waals surface area contributed by atoms with Crippen LogP contribution in [0.5, 0.6) is 0 Å². The van der Waals surface area contributed by atoms with Crippen LogP contribution >= 0.6 is 0 Å². The summed E-state index contributed by atoms with van der Waals surface area (Å²) in [6.07, 6.45) is 13.7. The van der Waals surface area contributed by atoms with Crippen molar-refractivity contribution in [2.45, 2.75) is 147 Å². The van der Waals surface area contributed by atoms with Gasteiger partial charge in [0.1, 0.15) is 23.8 Å². The second-order valence-electron chi connectivity index (χ2n) is 21.5. The lowest BCUT2D eigenvalue weighted by atomic mass is 9.41. The van der Waals surface area contributed by atoms with Crippen molar-refractivity contribution in [1.82, 2.24) is 0 Å². The lowest BCUT2D eigenvalue weighted by Crippen LogP contribution is -2.60. The fraction of sp³-hybridized carbons (Fsp3) is 0.654. The molecule has 0 spiro atoms. The van der Waals surface area contributed by atoms with Gasteiger partial charge >= 0.3 is 11.9 Å². The van der Waals surface area contributed by atoms with Crippen molar-refractivity contribution in [1.29, 1.82) is 0 Å². The zero-order valence-electron chi connectivity index (χ0n) is 38.3. The van der Waals surface area contributed by atoms with Gasteiger partial charge in [-0.15, -0.1) is 0 Å². The van der Waals surface area contributed by atoms with E-state index in [0.717, 1.165) is 48.0 Å². The van der Waals surface area contributed by atoms with E-state index in [9.17, 15) is 28.8 Å². The minimum atomic E-state index is -0.513. The van der Waals surface area contributed by atoms with Crippen LogP contribution in [0.25, 0.3) is 0 Å². The maximum absolute atomic E-state index is 13.9. The molecule has 0 aliphatic heterocycles. The molecule has 0 amide bonds. The third-order valence-corrected chi connectivity index (χ3v) is 18.7. The summed E-state index contributed by atoms with van der Waals surface area (Å²) in [5, 5.41) is 0. The van der Waals surface area contributed by atoms with Crippen molar-refractivity contribution >= 4 is 35.1 Å². The second-order valence-corrected chi connectivity index (χ2v) is 21.5. The fourth-order valence-electron chi connectivity index (χ4n) is 15.4. The Morgan fingerprint density at radius 1 is 0.567 bits per heavy atom. The Bertz CT molecular complexity index is 2000. The standard InChI is InChI=1S/2C26H34O4/c2*1-14(2)23-17-8-9-21-24(5)11-10-18(15(3)27)25(24,6)13-22(29)26(21,7)19(17)12-20(23)30-16(4)28/h2*8,10,19-21,23H,1,9,11-13H2,2-7H3/t2*19-,20+,21+,23+,24+,25-,26+/m11/s1. The number of hydrogen-bond donors (Lipinski definition) is 0. The number of rotatable bonds is 6. The average Bonchev–Trinajstić information content (AvgIpc) is 3.83. The maximum Gasteiger partial charge on any atom is 0.302 e. The van der Waals surface area contributed by atoms with Gasteiger partial charge in [-0.05, 0) is 112 Å². The summed E-state index contributed by atoms with van der Waals surface area (Å²) < 4.78 is 11.4. The number of carbonyl (C=O) groups excluding carboxylic acids is 6. The van der Waals surface area contributed by atoms with Gasteiger partial charge in [0.25, 0.3) is 0 Å². The minimum Gasteiger partial charge on any atom is -0.462 e. The molecule has 0 aromatic carbocycles. The summed E-state index contributed by atoms with van der Waals surface area (Å²) in [4.78, 5) is 76.0. The first kappa shape index (κ1) is 44.1. The molecular weight excluding hydrogens is 753 g/mol. The van der Waals surface area contributed by atoms with Crippen LogP contribution in [0.4, 0.5) is 0 Å². The molecule has 8 nitrogen and oxygen atoms in total. The molecule has 8 heteroatoms. The van der Waals surface area contributed by atoms with Gasteiger partial charge in [0.05, 0.1) is 0 Å². The number of ether oxygens (including phenoxy) is 2. The van der Waals surface area contributed by atoms with E-state index in [1.54, 1.807) is 13.8 Å². The molecule has 0 aromatic rings. The van der Waals surface area contributed by atoms with E-state index >= 15 is 0 Å². The summed E-state index contributed by atoms with van der Waals surface area (Å²) in [7, 11) is 0. The van der Waals surface area contributed by atoms with Gasteiger partial charge < -0.3 is 9.47 Å². The molecule has 0 saturated heterocycles. The molecular formula is C52H68O8. The number of ketones is 4. The van der Waals surface area contributed by atoms with E-state index in [2.05, 4.69) is 79.0 Å². The molecule has 0 radical (unpaired) electrons. The van der Waals surface area contributed by atoms with Gasteiger partial charge in [-0.3, -0.25) is 28.8 Å². The van der Waals surface area contributed by atoms with Crippen LogP contribution < -0.4 is 0 Å². The molecule has 8 rings (SSSR count). The van der Waals surface area contributed by atoms with Crippen LogP contribution in [-0.4, -0.2) is 47.3 Å². The van der Waals surface area contributed by atoms with Gasteiger partial charge in [0.2, 0.25) is 0 Å². The molecule has 0 heterocycles. The van der Waals surface area contributed by atoms with E-state index in [1.165, 1.54) is 25.0 Å². The Balaban J connectivity index is 0.000000181. The lowest BCUT2D eigenvalue weighted by Gasteiger charge is -2.61. The zero-order chi connectivity index (χ0) is 44.4. The molecule has 14 atom stereocenters. The summed E-state index contributed by atoms with van der Waals surface area (Å²) in [5.74, 6) is 0.489. The van der Waals surface area contributed by atoms with E-state index in [1.807, 2.05) is 13.8 Å². The summed E-state index contributed by atoms with van der Waals surface area (Å²) >= 11 is 0. The van der Waals surface area contributed by atoms with Gasteiger partial charge in [-0.1, -0.05) is 101 Å². The first-order chi connectivity index (χ1) is 27.7. The van der Waals surface area contributed by atoms with Gasteiger partial charge in [0.15, 0.2) is 11.6 Å². The van der Waals surface area contributed by atoms with Crippen molar-refractivity contribution < 1.29 is 38.2 Å². The number of carbonyl (C=O) groups is 6. The Kier molecular flexibility index (Phi) is 10.5. The van der Waals surface area contributed by atoms with Crippen LogP contribution in [0.1, 0.15) is 134 Å². The first-order valence-electron chi connectivity index (χ1n) is 22.3. The molecule has 0 bridgehead atoms. The van der Waals surface area contributed by atoms with Crippen molar-refractivity contribution in [2.24, 2.45) is 68.0 Å². The quantitative estimate of drug-likeness (QED) is 0.192. The predicted octanol–water partition coefficient (Wildman–Crippen LogP) is 9.97. The number of allylic oxidation sites excluding steroid dienone is 6. The Hall–Kier alpha value is -3.94. The molecule has 4 saturated carbocycles. The molecule has 4 fully saturated rings. The van der Waals surface area contributed by atoms with Gasteiger partial charge in [0, 0.05) is 60.2 Å². The highest BCUT2D eigenvalue weighted by Gasteiger charge is 2.71. The van der Waals surface area contributed by atoms with Crippen LogP contribution in [0.15, 0.2) is 70.9 Å². The molecule has 8 aliphatic carbocycles. The maximum atomic E-state index is 13.9. The van der Waals surface area contributed by atoms with E-state index in [-0.39, 0.29) is 93.6 Å². The molecule has 324 valence electrons. The summed E-state index contributed by atoms with van der Waals surface area (Å²) in [5.41, 5.74) is 3.96. The third-order valence-electron chi connectivity index (χ3n) is 18.7. The zero-order valence-corrected chi connectivity index (χ0v) is 38.3. The number of esters is 2. The van der Waals surface area contributed by atoms with E-state index in [4.69, 9.17) is 9.47 Å². The summed E-state index contributed by atoms with van der Waals surface area (Å²) in [6.45, 7) is 31.5. The first-order valence-corrected chi connectivity index (χ1v) is 22.3. The van der Waals surface area contributed by atoms with Gasteiger partial charge in [-0.2, -0.15) is 0 Å². The van der Waals surface area contributed by atoms with Crippen molar-refractivity contribution in [3.63, 3.8) is 0 Å². The number of hydrogen-bond acceptors (Lipinski definition) is 8. The van der Waals surface area contributed by atoms with Crippen LogP contribution in [0, 0.1) is 68.0 Å². The third kappa shape index (κ3) is 5.80. The van der Waals surface area contributed by atoms with Crippen LogP contribution in [-0.2, 0) is 38.2 Å². The fourth-order valence-corrected chi connectivity index (χ4v) is 15.4. The highest BCUT2D eigenvalue weighted by molar-refractivity contribution is 5.99. The van der Waals surface area contributed by atoms with Crippen molar-refractivity contribution in [3.05, 3.63) is 70.9 Å². The Morgan fingerprint density at radius 2 is 0.900 bits per heavy atom. The molecule has 0 unspecified atom stereocenters. The smallest absolute Gasteiger partial charge is 0.302 e. The highest BCUT2D eigenvalue weighted by atomic mass is 16.5. The predicted molar refractivity (Wildman–Crippen MR) is 231 cm³/mol. The van der Waals surface area contributed by atoms with Gasteiger partial charge in [-0.25, -0.2) is 0 Å². The van der Waals surface area contributed by atoms with E-state index in [0.29, 0.717) is 25.7 Å². The van der Waals surface area contributed by atoms with Crippen LogP contribution in [0.2, 0.25) is 0 Å². The molecule has 0 aromatic heterocycles. The normalized spacial score (nSPS) is 44.4. The summed E-state index contributed by atoms with van der Waals surface area (Å²) in [6, 6.07) is 0. The largest absolute Gasteiger partial charge is 0.462 e. The monoisotopic (exact) mass is 820 g/mol. The Morgan fingerprint density at radius 3 is 1.18 bits per heavy atom. The molecule has 8 aliphatic rings. The Labute approximate surface area is 357 Å². The molecule has 0 N–H and O–H groups in total. The highest BCUT2D eigenvalue weighted by Crippen LogP contribution is 2.73. The SMILES string of the molecule is C=C(C)[C@H]1C2=CC[C@@H]3[C@@](C)(C(=O)C[C@]4(C)C(C(C)=O)=CC[C@@]34C)[C@@H]2C[C@@H]1OC(C)=O.C=C(C)[C@H]1C2=CC[C@@H]3[C@@](C)(C(=O)C[C@]4(C)C(C(C)=O)=CC[C@@]34C)[C@@H]2C[C@@H]1OC(C)=O. The molecule has 60 heavy (non-hydrogen) atoms. The second kappa shape index (κ2) is 14.3. The van der Waals surface area contributed by atoms with Crippen LogP contribution in [0.3, 0.4) is 0 Å². The minimum absolute atomic E-state index is 0.0138. The lowest BCUT2D eigenvalue weighted by molar-refractivity contribution is -0.161. The number of Topliss-reactive ketones (excluding diaryl/α,β-unsaturated/α-hetero) is 4. The topological polar surface area (TPSA) is 121 Å². The van der Waals surface area contributed by atoms with Crippen molar-refractivity contribution in [2.75, 3.05) is 0 Å². The number of fused-ring (bicyclic) bond motifs is 10. The van der Waals surface area contributed by atoms with E-state index < -0.39 is 21.7 Å². The van der Waals surface area contributed by atoms with Crippen molar-refractivity contribution in [3.8, 4) is 0 Å².